The van der Waals surface area contributed by atoms with Crippen LogP contribution in [-0.4, -0.2) is 44.3 Å². The van der Waals surface area contributed by atoms with E-state index in [1.165, 1.54) is 29.2 Å². The number of hydrogen-bond acceptors (Lipinski definition) is 4. The fourth-order valence-electron chi connectivity index (χ4n) is 5.12. The molecule has 4 aromatic carbocycles. The molecule has 0 spiro atoms. The standard InChI is InChI=1S/C37H42FN3O4S/c1-4-5-24-39-37(43)35(25-29-12-8-6-9-13-29)40(26-30-16-20-32(38)21-17-30)36(42)27-41(33-22-18-31(19-23-33)28(2)3)46(44,45)34-14-10-7-11-15-34/h6-23,28,35H,4-5,24-27H2,1-3H3,(H,39,43). The number of halogens is 1. The summed E-state index contributed by atoms with van der Waals surface area (Å²) in [6, 6.07) is 29.2. The molecule has 1 N–H and O–H groups in total. The molecule has 0 aliphatic heterocycles. The number of sulfonamides is 1. The van der Waals surface area contributed by atoms with Gasteiger partial charge in [-0.05, 0) is 65.4 Å². The molecule has 0 saturated heterocycles. The maximum atomic E-state index is 14.5. The maximum Gasteiger partial charge on any atom is 0.264 e. The van der Waals surface area contributed by atoms with Gasteiger partial charge in [-0.15, -0.1) is 0 Å². The highest BCUT2D eigenvalue weighted by atomic mass is 32.2. The van der Waals surface area contributed by atoms with Crippen LogP contribution in [0.15, 0.2) is 114 Å². The molecular weight excluding hydrogens is 601 g/mol. The minimum absolute atomic E-state index is 0.0245. The highest BCUT2D eigenvalue weighted by Gasteiger charge is 2.34. The van der Waals surface area contributed by atoms with Gasteiger partial charge in [0, 0.05) is 19.5 Å². The second kappa shape index (κ2) is 16.2. The van der Waals surface area contributed by atoms with Gasteiger partial charge in [-0.3, -0.25) is 13.9 Å². The number of rotatable bonds is 15. The molecular formula is C37H42FN3O4S. The average molecular weight is 644 g/mol. The number of carbonyl (C=O) groups is 2. The van der Waals surface area contributed by atoms with Gasteiger partial charge in [0.25, 0.3) is 10.0 Å². The highest BCUT2D eigenvalue weighted by Crippen LogP contribution is 2.27. The first kappa shape index (κ1) is 34.4. The van der Waals surface area contributed by atoms with Crippen molar-refractivity contribution >= 4 is 27.5 Å². The molecule has 46 heavy (non-hydrogen) atoms. The van der Waals surface area contributed by atoms with Crippen LogP contribution in [0, 0.1) is 5.82 Å². The Labute approximate surface area is 272 Å². The van der Waals surface area contributed by atoms with Crippen LogP contribution in [0.25, 0.3) is 0 Å². The number of nitrogens with zero attached hydrogens (tertiary/aromatic N) is 2. The third-order valence-corrected chi connectivity index (χ3v) is 9.61. The number of amides is 2. The summed E-state index contributed by atoms with van der Waals surface area (Å²) in [7, 11) is -4.18. The van der Waals surface area contributed by atoms with Crippen molar-refractivity contribution in [2.24, 2.45) is 0 Å². The summed E-state index contributed by atoms with van der Waals surface area (Å²) in [6.07, 6.45) is 1.86. The maximum absolute atomic E-state index is 14.5. The third kappa shape index (κ3) is 9.03. The van der Waals surface area contributed by atoms with E-state index in [1.54, 1.807) is 42.5 Å². The van der Waals surface area contributed by atoms with Gasteiger partial charge < -0.3 is 10.2 Å². The summed E-state index contributed by atoms with van der Waals surface area (Å²) in [5.41, 5.74) is 2.80. The molecule has 7 nitrogen and oxygen atoms in total. The third-order valence-electron chi connectivity index (χ3n) is 7.82. The smallest absolute Gasteiger partial charge is 0.264 e. The van der Waals surface area contributed by atoms with Crippen LogP contribution in [0.5, 0.6) is 0 Å². The fourth-order valence-corrected chi connectivity index (χ4v) is 6.56. The SMILES string of the molecule is CCCCNC(=O)C(Cc1ccccc1)N(Cc1ccc(F)cc1)C(=O)CN(c1ccc(C(C)C)cc1)S(=O)(=O)c1ccccc1. The molecule has 0 aliphatic rings. The molecule has 242 valence electrons. The lowest BCUT2D eigenvalue weighted by molar-refractivity contribution is -0.140. The number of benzene rings is 4. The summed E-state index contributed by atoms with van der Waals surface area (Å²) in [5.74, 6) is -1.11. The normalized spacial score (nSPS) is 12.0. The van der Waals surface area contributed by atoms with E-state index in [2.05, 4.69) is 5.32 Å². The van der Waals surface area contributed by atoms with Gasteiger partial charge in [0.05, 0.1) is 10.6 Å². The largest absolute Gasteiger partial charge is 0.354 e. The Morgan fingerprint density at radius 3 is 2.00 bits per heavy atom. The zero-order valence-corrected chi connectivity index (χ0v) is 27.4. The minimum Gasteiger partial charge on any atom is -0.354 e. The lowest BCUT2D eigenvalue weighted by Crippen LogP contribution is -2.53. The van der Waals surface area contributed by atoms with Crippen LogP contribution in [0.3, 0.4) is 0 Å². The van der Waals surface area contributed by atoms with E-state index in [9.17, 15) is 22.4 Å². The number of anilines is 1. The van der Waals surface area contributed by atoms with Crippen molar-refractivity contribution < 1.29 is 22.4 Å². The van der Waals surface area contributed by atoms with Crippen molar-refractivity contribution in [3.05, 3.63) is 132 Å². The molecule has 0 saturated carbocycles. The quantitative estimate of drug-likeness (QED) is 0.146. The Balaban J connectivity index is 1.78. The first-order valence-electron chi connectivity index (χ1n) is 15.6. The predicted molar refractivity (Wildman–Crippen MR) is 180 cm³/mol. The molecule has 0 heterocycles. The summed E-state index contributed by atoms with van der Waals surface area (Å²) < 4.78 is 43.2. The lowest BCUT2D eigenvalue weighted by Gasteiger charge is -2.34. The Morgan fingerprint density at radius 2 is 1.41 bits per heavy atom. The number of unbranched alkanes of at least 4 members (excludes halogenated alkanes) is 1. The van der Waals surface area contributed by atoms with Gasteiger partial charge >= 0.3 is 0 Å². The number of nitrogens with one attached hydrogen (secondary N) is 1. The first-order valence-corrected chi connectivity index (χ1v) is 17.1. The van der Waals surface area contributed by atoms with Crippen LogP contribution >= 0.6 is 0 Å². The van der Waals surface area contributed by atoms with Gasteiger partial charge in [-0.2, -0.15) is 0 Å². The minimum atomic E-state index is -4.18. The Kier molecular flexibility index (Phi) is 12.1. The zero-order chi connectivity index (χ0) is 33.1. The van der Waals surface area contributed by atoms with E-state index >= 15 is 0 Å². The molecule has 4 rings (SSSR count). The summed E-state index contributed by atoms with van der Waals surface area (Å²) in [6.45, 7) is 5.98. The molecule has 0 aliphatic carbocycles. The van der Waals surface area contributed by atoms with Crippen molar-refractivity contribution in [3.63, 3.8) is 0 Å². The van der Waals surface area contributed by atoms with E-state index in [1.807, 2.05) is 63.2 Å². The Bertz CT molecular complexity index is 1660. The average Bonchev–Trinajstić information content (AvgIpc) is 3.07. The number of hydrogen-bond donors (Lipinski definition) is 1. The molecule has 9 heteroatoms. The Morgan fingerprint density at radius 1 is 0.804 bits per heavy atom. The van der Waals surface area contributed by atoms with E-state index in [-0.39, 0.29) is 29.7 Å². The first-order chi connectivity index (χ1) is 22.1. The summed E-state index contributed by atoms with van der Waals surface area (Å²) in [4.78, 5) is 29.7. The predicted octanol–water partition coefficient (Wildman–Crippen LogP) is 6.70. The van der Waals surface area contributed by atoms with E-state index in [4.69, 9.17) is 0 Å². The molecule has 1 unspecified atom stereocenters. The van der Waals surface area contributed by atoms with Crippen molar-refractivity contribution in [3.8, 4) is 0 Å². The molecule has 0 fully saturated rings. The van der Waals surface area contributed by atoms with Gasteiger partial charge in [-0.25, -0.2) is 12.8 Å². The van der Waals surface area contributed by atoms with Crippen LogP contribution in [-0.2, 0) is 32.6 Å². The molecule has 1 atom stereocenters. The van der Waals surface area contributed by atoms with Crippen LogP contribution in [0.2, 0.25) is 0 Å². The second-order valence-corrected chi connectivity index (χ2v) is 13.4. The summed E-state index contributed by atoms with van der Waals surface area (Å²) in [5, 5.41) is 2.97. The van der Waals surface area contributed by atoms with Crippen molar-refractivity contribution in [2.75, 3.05) is 17.4 Å². The van der Waals surface area contributed by atoms with Crippen LogP contribution in [0.1, 0.15) is 56.2 Å². The van der Waals surface area contributed by atoms with Crippen molar-refractivity contribution in [1.82, 2.24) is 10.2 Å². The van der Waals surface area contributed by atoms with Gasteiger partial charge in [0.1, 0.15) is 18.4 Å². The topological polar surface area (TPSA) is 86.8 Å². The monoisotopic (exact) mass is 643 g/mol. The van der Waals surface area contributed by atoms with E-state index < -0.39 is 34.3 Å². The Hall–Kier alpha value is -4.50. The molecule has 2 amide bonds. The molecule has 0 radical (unpaired) electrons. The second-order valence-electron chi connectivity index (χ2n) is 11.6. The van der Waals surface area contributed by atoms with Gasteiger partial charge in [0.2, 0.25) is 11.8 Å². The van der Waals surface area contributed by atoms with Crippen molar-refractivity contribution in [1.29, 1.82) is 0 Å². The van der Waals surface area contributed by atoms with Gasteiger partial charge in [-0.1, -0.05) is 100.0 Å². The lowest BCUT2D eigenvalue weighted by atomic mass is 10.0. The zero-order valence-electron chi connectivity index (χ0n) is 26.6. The van der Waals surface area contributed by atoms with Crippen LogP contribution < -0.4 is 9.62 Å². The molecule has 4 aromatic rings. The van der Waals surface area contributed by atoms with Crippen molar-refractivity contribution in [2.45, 2.75) is 63.4 Å². The fraction of sp³-hybridized carbons (Fsp3) is 0.297. The molecule has 0 bridgehead atoms. The van der Waals surface area contributed by atoms with E-state index in [0.717, 1.165) is 28.3 Å². The molecule has 0 aromatic heterocycles. The summed E-state index contributed by atoms with van der Waals surface area (Å²) >= 11 is 0. The number of carbonyl (C=O) groups excluding carboxylic acids is 2. The van der Waals surface area contributed by atoms with Crippen LogP contribution in [0.4, 0.5) is 10.1 Å². The van der Waals surface area contributed by atoms with Gasteiger partial charge in [0.15, 0.2) is 0 Å². The highest BCUT2D eigenvalue weighted by molar-refractivity contribution is 7.92. The van der Waals surface area contributed by atoms with E-state index in [0.29, 0.717) is 17.8 Å².